The quantitative estimate of drug-likeness (QED) is 0.799. The van der Waals surface area contributed by atoms with Gasteiger partial charge in [-0.15, -0.1) is 0 Å². The predicted octanol–water partition coefficient (Wildman–Crippen LogP) is 0.934. The van der Waals surface area contributed by atoms with Crippen molar-refractivity contribution >= 4 is 5.97 Å². The highest BCUT2D eigenvalue weighted by atomic mass is 16.7. The molecule has 1 N–H and O–H groups in total. The molecule has 0 radical (unpaired) electrons. The fourth-order valence-corrected chi connectivity index (χ4v) is 2.79. The number of nitrogens with zero attached hydrogens (tertiary/aromatic N) is 1. The zero-order valence-electron chi connectivity index (χ0n) is 10.5. The Morgan fingerprint density at radius 3 is 2.18 bits per heavy atom. The summed E-state index contributed by atoms with van der Waals surface area (Å²) in [6, 6.07) is -0.395. The summed E-state index contributed by atoms with van der Waals surface area (Å²) < 4.78 is 11.3. The topological polar surface area (TPSA) is 59.0 Å². The van der Waals surface area contributed by atoms with Crippen LogP contribution in [0.1, 0.15) is 26.7 Å². The second kappa shape index (κ2) is 4.92. The Hall–Kier alpha value is -0.650. The van der Waals surface area contributed by atoms with Crippen molar-refractivity contribution in [1.29, 1.82) is 0 Å². The Morgan fingerprint density at radius 1 is 1.24 bits per heavy atom. The maximum absolute atomic E-state index is 11.2. The van der Waals surface area contributed by atoms with Crippen molar-refractivity contribution in [1.82, 2.24) is 4.90 Å². The van der Waals surface area contributed by atoms with Crippen LogP contribution in [0.3, 0.4) is 0 Å². The van der Waals surface area contributed by atoms with Gasteiger partial charge in [0.1, 0.15) is 6.04 Å². The average Bonchev–Trinajstić information content (AvgIpc) is 2.69. The molecular formula is C12H21NO4. The van der Waals surface area contributed by atoms with Crippen molar-refractivity contribution in [3.05, 3.63) is 0 Å². The van der Waals surface area contributed by atoms with E-state index in [0.717, 1.165) is 25.9 Å². The molecule has 17 heavy (non-hydrogen) atoms. The molecule has 0 saturated carbocycles. The van der Waals surface area contributed by atoms with Crippen molar-refractivity contribution in [2.45, 2.75) is 38.5 Å². The largest absolute Gasteiger partial charge is 0.480 e. The first-order valence-corrected chi connectivity index (χ1v) is 6.29. The van der Waals surface area contributed by atoms with E-state index in [-0.39, 0.29) is 5.92 Å². The number of ether oxygens (including phenoxy) is 2. The highest BCUT2D eigenvalue weighted by molar-refractivity contribution is 5.73. The second-order valence-electron chi connectivity index (χ2n) is 5.17. The van der Waals surface area contributed by atoms with E-state index >= 15 is 0 Å². The lowest BCUT2D eigenvalue weighted by molar-refractivity contribution is -0.191. The van der Waals surface area contributed by atoms with Crippen molar-refractivity contribution in [2.24, 2.45) is 5.92 Å². The molecule has 0 aliphatic carbocycles. The van der Waals surface area contributed by atoms with Crippen LogP contribution in [0, 0.1) is 5.92 Å². The zero-order valence-corrected chi connectivity index (χ0v) is 10.5. The molecule has 1 spiro atoms. The molecular weight excluding hydrogens is 222 g/mol. The highest BCUT2D eigenvalue weighted by Gasteiger charge is 2.42. The fourth-order valence-electron chi connectivity index (χ4n) is 2.79. The summed E-state index contributed by atoms with van der Waals surface area (Å²) in [6.45, 7) is 6.68. The van der Waals surface area contributed by atoms with Gasteiger partial charge in [-0.1, -0.05) is 13.8 Å². The third-order valence-electron chi connectivity index (χ3n) is 3.65. The molecule has 0 amide bonds. The minimum atomic E-state index is -0.732. The van der Waals surface area contributed by atoms with Gasteiger partial charge in [0, 0.05) is 25.9 Å². The lowest BCUT2D eigenvalue weighted by Crippen LogP contribution is -2.52. The molecule has 2 saturated heterocycles. The van der Waals surface area contributed by atoms with E-state index in [1.807, 2.05) is 18.7 Å². The first-order valence-electron chi connectivity index (χ1n) is 6.29. The smallest absolute Gasteiger partial charge is 0.321 e. The van der Waals surface area contributed by atoms with Crippen molar-refractivity contribution < 1.29 is 19.4 Å². The average molecular weight is 243 g/mol. The molecule has 1 unspecified atom stereocenters. The molecule has 2 fully saturated rings. The number of carboxylic acid groups (broad SMARTS) is 1. The lowest BCUT2D eigenvalue weighted by atomic mass is 9.97. The number of hydrogen-bond donors (Lipinski definition) is 1. The van der Waals surface area contributed by atoms with Crippen LogP contribution in [-0.4, -0.2) is 54.1 Å². The Morgan fingerprint density at radius 2 is 1.76 bits per heavy atom. The summed E-state index contributed by atoms with van der Waals surface area (Å²) in [5.74, 6) is -1.03. The number of carbonyl (C=O) groups is 1. The first-order chi connectivity index (χ1) is 8.04. The third-order valence-corrected chi connectivity index (χ3v) is 3.65. The van der Waals surface area contributed by atoms with E-state index in [2.05, 4.69) is 0 Å². The van der Waals surface area contributed by atoms with Gasteiger partial charge in [0.25, 0.3) is 0 Å². The van der Waals surface area contributed by atoms with E-state index < -0.39 is 17.8 Å². The van der Waals surface area contributed by atoms with Gasteiger partial charge in [-0.05, 0) is 5.92 Å². The van der Waals surface area contributed by atoms with E-state index in [4.69, 9.17) is 9.47 Å². The van der Waals surface area contributed by atoms with Crippen LogP contribution in [0.25, 0.3) is 0 Å². The predicted molar refractivity (Wildman–Crippen MR) is 61.7 cm³/mol. The fraction of sp³-hybridized carbons (Fsp3) is 0.917. The van der Waals surface area contributed by atoms with Gasteiger partial charge >= 0.3 is 5.97 Å². The Labute approximate surface area is 102 Å². The number of hydrogen-bond acceptors (Lipinski definition) is 4. The van der Waals surface area contributed by atoms with Crippen molar-refractivity contribution in [3.63, 3.8) is 0 Å². The molecule has 2 aliphatic heterocycles. The van der Waals surface area contributed by atoms with E-state index in [1.165, 1.54) is 0 Å². The number of rotatable bonds is 3. The van der Waals surface area contributed by atoms with Crippen LogP contribution in [-0.2, 0) is 14.3 Å². The minimum Gasteiger partial charge on any atom is -0.480 e. The van der Waals surface area contributed by atoms with Crippen LogP contribution in [0.2, 0.25) is 0 Å². The summed E-state index contributed by atoms with van der Waals surface area (Å²) in [5.41, 5.74) is 0. The molecule has 1 atom stereocenters. The Balaban J connectivity index is 1.95. The van der Waals surface area contributed by atoms with Crippen molar-refractivity contribution in [3.8, 4) is 0 Å². The summed E-state index contributed by atoms with van der Waals surface area (Å²) in [6.07, 6.45) is 1.53. The van der Waals surface area contributed by atoms with Crippen LogP contribution in [0.5, 0.6) is 0 Å². The molecule has 0 bridgehead atoms. The normalized spacial score (nSPS) is 26.5. The van der Waals surface area contributed by atoms with Crippen LogP contribution < -0.4 is 0 Å². The standard InChI is InChI=1S/C12H21NO4/c1-9(2)10(11(14)15)13-5-3-12(4-6-13)16-7-8-17-12/h9-10H,3-8H2,1-2H3,(H,14,15). The summed E-state index contributed by atoms with van der Waals surface area (Å²) in [7, 11) is 0. The minimum absolute atomic E-state index is 0.118. The molecule has 2 rings (SSSR count). The molecule has 0 aromatic carbocycles. The first kappa shape index (κ1) is 12.8. The monoisotopic (exact) mass is 243 g/mol. The number of likely N-dealkylation sites (tertiary alicyclic amines) is 1. The summed E-state index contributed by atoms with van der Waals surface area (Å²) >= 11 is 0. The lowest BCUT2D eigenvalue weighted by Gasteiger charge is -2.41. The second-order valence-corrected chi connectivity index (χ2v) is 5.17. The molecule has 0 aromatic heterocycles. The van der Waals surface area contributed by atoms with Gasteiger partial charge < -0.3 is 14.6 Å². The molecule has 2 aliphatic rings. The molecule has 0 aromatic rings. The van der Waals surface area contributed by atoms with Gasteiger partial charge in [-0.2, -0.15) is 0 Å². The van der Waals surface area contributed by atoms with Crippen LogP contribution in [0.4, 0.5) is 0 Å². The number of aliphatic carboxylic acids is 1. The van der Waals surface area contributed by atoms with Crippen molar-refractivity contribution in [2.75, 3.05) is 26.3 Å². The third kappa shape index (κ3) is 2.61. The zero-order chi connectivity index (χ0) is 12.5. The molecule has 5 nitrogen and oxygen atoms in total. The molecule has 98 valence electrons. The number of carboxylic acids is 1. The summed E-state index contributed by atoms with van der Waals surface area (Å²) in [4.78, 5) is 13.3. The van der Waals surface area contributed by atoms with Crippen LogP contribution in [0.15, 0.2) is 0 Å². The number of piperidine rings is 1. The van der Waals surface area contributed by atoms with E-state index in [9.17, 15) is 9.90 Å². The van der Waals surface area contributed by atoms with Gasteiger partial charge in [-0.3, -0.25) is 9.69 Å². The maximum Gasteiger partial charge on any atom is 0.321 e. The Kier molecular flexibility index (Phi) is 3.70. The molecule has 2 heterocycles. The van der Waals surface area contributed by atoms with E-state index in [1.54, 1.807) is 0 Å². The van der Waals surface area contributed by atoms with Gasteiger partial charge in [0.2, 0.25) is 0 Å². The maximum atomic E-state index is 11.2. The van der Waals surface area contributed by atoms with Gasteiger partial charge in [0.15, 0.2) is 5.79 Å². The Bertz CT molecular complexity index is 276. The van der Waals surface area contributed by atoms with Gasteiger partial charge in [-0.25, -0.2) is 0 Å². The SMILES string of the molecule is CC(C)C(C(=O)O)N1CCC2(CC1)OCCO2. The van der Waals surface area contributed by atoms with E-state index in [0.29, 0.717) is 13.2 Å². The summed E-state index contributed by atoms with van der Waals surface area (Å²) in [5, 5.41) is 9.25. The molecule has 5 heteroatoms. The van der Waals surface area contributed by atoms with Gasteiger partial charge in [0.05, 0.1) is 13.2 Å². The highest BCUT2D eigenvalue weighted by Crippen LogP contribution is 2.32. The van der Waals surface area contributed by atoms with Crippen LogP contribution >= 0.6 is 0 Å².